The van der Waals surface area contributed by atoms with E-state index < -0.39 is 0 Å². The number of carbonyl (C=O) groups is 1. The molecular weight excluding hydrogens is 302 g/mol. The second kappa shape index (κ2) is 7.32. The van der Waals surface area contributed by atoms with Crippen LogP contribution >= 0.6 is 0 Å². The number of amides is 1. The van der Waals surface area contributed by atoms with Crippen molar-refractivity contribution in [2.75, 3.05) is 5.32 Å². The fourth-order valence-electron chi connectivity index (χ4n) is 2.14. The summed E-state index contributed by atoms with van der Waals surface area (Å²) >= 11 is 0. The van der Waals surface area contributed by atoms with Crippen LogP contribution in [0.5, 0.6) is 0 Å². The molecule has 0 atom stereocenters. The zero-order valence-corrected chi connectivity index (χ0v) is 13.2. The fourth-order valence-corrected chi connectivity index (χ4v) is 2.14. The number of para-hydroxylation sites is 1. The average molecular weight is 319 g/mol. The highest BCUT2D eigenvalue weighted by molar-refractivity contribution is 5.92. The van der Waals surface area contributed by atoms with Crippen LogP contribution in [0.4, 0.5) is 11.5 Å². The number of rotatable bonds is 5. The van der Waals surface area contributed by atoms with Crippen LogP contribution in [0.1, 0.15) is 21.6 Å². The van der Waals surface area contributed by atoms with Crippen molar-refractivity contribution in [2.45, 2.75) is 13.5 Å². The predicted molar refractivity (Wildman–Crippen MR) is 91.9 cm³/mol. The number of hydrogen-bond acceptors (Lipinski definition) is 5. The number of anilines is 2. The molecule has 0 bridgehead atoms. The summed E-state index contributed by atoms with van der Waals surface area (Å²) in [6.07, 6.45) is 6.41. The Morgan fingerprint density at radius 2 is 1.92 bits per heavy atom. The molecule has 0 radical (unpaired) electrons. The number of nitrogens with one attached hydrogen (secondary N) is 2. The SMILES string of the molecule is Cc1ccccc1Nc1cnc(C(=O)NCc2cccnc2)cn1. The first-order valence-electron chi connectivity index (χ1n) is 7.54. The molecule has 3 rings (SSSR count). The van der Waals surface area contributed by atoms with Crippen molar-refractivity contribution in [3.05, 3.63) is 78.0 Å². The Balaban J connectivity index is 1.61. The van der Waals surface area contributed by atoms with E-state index in [1.54, 1.807) is 18.6 Å². The number of pyridine rings is 1. The van der Waals surface area contributed by atoms with E-state index in [-0.39, 0.29) is 11.6 Å². The molecule has 2 aromatic heterocycles. The van der Waals surface area contributed by atoms with Gasteiger partial charge in [-0.2, -0.15) is 0 Å². The van der Waals surface area contributed by atoms with Crippen molar-refractivity contribution in [3.8, 4) is 0 Å². The lowest BCUT2D eigenvalue weighted by Crippen LogP contribution is -2.24. The van der Waals surface area contributed by atoms with Gasteiger partial charge in [0.2, 0.25) is 0 Å². The van der Waals surface area contributed by atoms with Crippen molar-refractivity contribution >= 4 is 17.4 Å². The Bertz CT molecular complexity index is 818. The molecule has 0 aliphatic rings. The van der Waals surface area contributed by atoms with E-state index in [1.165, 1.54) is 6.20 Å². The molecule has 24 heavy (non-hydrogen) atoms. The molecule has 0 unspecified atom stereocenters. The molecule has 0 aliphatic heterocycles. The summed E-state index contributed by atoms with van der Waals surface area (Å²) in [5.41, 5.74) is 3.27. The Labute approximate surface area is 140 Å². The summed E-state index contributed by atoms with van der Waals surface area (Å²) in [6.45, 7) is 2.41. The van der Waals surface area contributed by atoms with Gasteiger partial charge in [0.15, 0.2) is 0 Å². The van der Waals surface area contributed by atoms with Crippen LogP contribution in [0.15, 0.2) is 61.2 Å². The van der Waals surface area contributed by atoms with E-state index in [1.807, 2.05) is 43.3 Å². The smallest absolute Gasteiger partial charge is 0.271 e. The number of carbonyl (C=O) groups excluding carboxylic acids is 1. The molecule has 2 heterocycles. The summed E-state index contributed by atoms with van der Waals surface area (Å²) in [5, 5.41) is 5.97. The van der Waals surface area contributed by atoms with Gasteiger partial charge in [0.05, 0.1) is 12.4 Å². The van der Waals surface area contributed by atoms with Crippen LogP contribution in [0.3, 0.4) is 0 Å². The largest absolute Gasteiger partial charge is 0.347 e. The van der Waals surface area contributed by atoms with Gasteiger partial charge in [-0.05, 0) is 30.2 Å². The molecule has 0 saturated heterocycles. The Kier molecular flexibility index (Phi) is 4.76. The predicted octanol–water partition coefficient (Wildman–Crippen LogP) is 2.85. The maximum Gasteiger partial charge on any atom is 0.271 e. The highest BCUT2D eigenvalue weighted by Gasteiger charge is 2.08. The van der Waals surface area contributed by atoms with Gasteiger partial charge in [-0.15, -0.1) is 0 Å². The molecule has 6 nitrogen and oxygen atoms in total. The monoisotopic (exact) mass is 319 g/mol. The lowest BCUT2D eigenvalue weighted by Gasteiger charge is -2.08. The second-order valence-electron chi connectivity index (χ2n) is 5.27. The Hall–Kier alpha value is -3.28. The third-order valence-corrected chi connectivity index (χ3v) is 3.47. The molecule has 2 N–H and O–H groups in total. The molecule has 120 valence electrons. The number of benzene rings is 1. The van der Waals surface area contributed by atoms with Crippen LogP contribution in [0.2, 0.25) is 0 Å². The standard InChI is InChI=1S/C18H17N5O/c1-13-5-2-3-7-15(13)23-17-12-20-16(11-21-17)18(24)22-10-14-6-4-8-19-9-14/h2-9,11-12H,10H2,1H3,(H,21,23)(H,22,24). The molecule has 1 aromatic carbocycles. The van der Waals surface area contributed by atoms with Gasteiger partial charge in [0, 0.05) is 24.6 Å². The summed E-state index contributed by atoms with van der Waals surface area (Å²) in [4.78, 5) is 24.5. The van der Waals surface area contributed by atoms with Crippen molar-refractivity contribution in [2.24, 2.45) is 0 Å². The van der Waals surface area contributed by atoms with Crippen LogP contribution < -0.4 is 10.6 Å². The van der Waals surface area contributed by atoms with Gasteiger partial charge in [0.25, 0.3) is 5.91 Å². The van der Waals surface area contributed by atoms with Crippen LogP contribution in [0, 0.1) is 6.92 Å². The quantitative estimate of drug-likeness (QED) is 0.756. The van der Waals surface area contributed by atoms with Crippen LogP contribution in [-0.4, -0.2) is 20.9 Å². The van der Waals surface area contributed by atoms with E-state index in [4.69, 9.17) is 0 Å². The maximum absolute atomic E-state index is 12.1. The fraction of sp³-hybridized carbons (Fsp3) is 0.111. The van der Waals surface area contributed by atoms with Crippen molar-refractivity contribution in [1.82, 2.24) is 20.3 Å². The van der Waals surface area contributed by atoms with Gasteiger partial charge in [0.1, 0.15) is 11.5 Å². The zero-order valence-electron chi connectivity index (χ0n) is 13.2. The normalized spacial score (nSPS) is 10.2. The first kappa shape index (κ1) is 15.6. The van der Waals surface area contributed by atoms with Crippen molar-refractivity contribution in [1.29, 1.82) is 0 Å². The van der Waals surface area contributed by atoms with Crippen LogP contribution in [0.25, 0.3) is 0 Å². The summed E-state index contributed by atoms with van der Waals surface area (Å²) in [6, 6.07) is 11.6. The highest BCUT2D eigenvalue weighted by atomic mass is 16.1. The van der Waals surface area contributed by atoms with Gasteiger partial charge >= 0.3 is 0 Å². The van der Waals surface area contributed by atoms with Gasteiger partial charge < -0.3 is 10.6 Å². The van der Waals surface area contributed by atoms with Gasteiger partial charge in [-0.1, -0.05) is 24.3 Å². The minimum absolute atomic E-state index is 0.270. The zero-order chi connectivity index (χ0) is 16.8. The third-order valence-electron chi connectivity index (χ3n) is 3.47. The van der Waals surface area contributed by atoms with E-state index in [2.05, 4.69) is 25.6 Å². The molecule has 0 spiro atoms. The molecule has 1 amide bonds. The number of aryl methyl sites for hydroxylation is 1. The summed E-state index contributed by atoms with van der Waals surface area (Å²) in [7, 11) is 0. The second-order valence-corrected chi connectivity index (χ2v) is 5.27. The highest BCUT2D eigenvalue weighted by Crippen LogP contribution is 2.17. The summed E-state index contributed by atoms with van der Waals surface area (Å²) < 4.78 is 0. The minimum atomic E-state index is -0.270. The number of nitrogens with zero attached hydrogens (tertiary/aromatic N) is 3. The first-order valence-corrected chi connectivity index (χ1v) is 7.54. The van der Waals surface area contributed by atoms with Crippen molar-refractivity contribution < 1.29 is 4.79 Å². The maximum atomic E-state index is 12.1. The molecule has 3 aromatic rings. The number of aromatic nitrogens is 3. The number of hydrogen-bond donors (Lipinski definition) is 2. The van der Waals surface area contributed by atoms with Crippen LogP contribution in [-0.2, 0) is 6.54 Å². The van der Waals surface area contributed by atoms with E-state index >= 15 is 0 Å². The lowest BCUT2D eigenvalue weighted by atomic mass is 10.2. The van der Waals surface area contributed by atoms with Gasteiger partial charge in [-0.25, -0.2) is 9.97 Å². The molecule has 0 fully saturated rings. The summed E-state index contributed by atoms with van der Waals surface area (Å²) in [5.74, 6) is 0.321. The Morgan fingerprint density at radius 1 is 1.04 bits per heavy atom. The van der Waals surface area contributed by atoms with E-state index in [9.17, 15) is 4.79 Å². The third kappa shape index (κ3) is 3.92. The van der Waals surface area contributed by atoms with E-state index in [0.29, 0.717) is 12.4 Å². The van der Waals surface area contributed by atoms with E-state index in [0.717, 1.165) is 16.8 Å². The molecule has 6 heteroatoms. The first-order chi connectivity index (χ1) is 11.7. The average Bonchev–Trinajstić information content (AvgIpc) is 2.63. The lowest BCUT2D eigenvalue weighted by molar-refractivity contribution is 0.0945. The van der Waals surface area contributed by atoms with Gasteiger partial charge in [-0.3, -0.25) is 9.78 Å². The molecule has 0 saturated carbocycles. The van der Waals surface area contributed by atoms with Crippen molar-refractivity contribution in [3.63, 3.8) is 0 Å². The Morgan fingerprint density at radius 3 is 2.62 bits per heavy atom. The minimum Gasteiger partial charge on any atom is -0.347 e. The molecule has 0 aliphatic carbocycles. The topological polar surface area (TPSA) is 79.8 Å². The molecular formula is C18H17N5O.